The monoisotopic (exact) mass is 350 g/mol. The number of piperidine rings is 1. The van der Waals surface area contributed by atoms with Crippen molar-refractivity contribution in [3.8, 4) is 0 Å². The molecular formula is C20H31ClN2O. The van der Waals surface area contributed by atoms with E-state index in [2.05, 4.69) is 43.0 Å². The van der Waals surface area contributed by atoms with E-state index in [9.17, 15) is 4.79 Å². The lowest BCUT2D eigenvalue weighted by Gasteiger charge is -2.38. The zero-order chi connectivity index (χ0) is 16.6. The van der Waals surface area contributed by atoms with Crippen LogP contribution in [-0.2, 0) is 4.79 Å². The first kappa shape index (κ1) is 19.3. The fraction of sp³-hybridized carbons (Fsp3) is 0.650. The van der Waals surface area contributed by atoms with Gasteiger partial charge in [-0.2, -0.15) is 0 Å². The van der Waals surface area contributed by atoms with E-state index in [-0.39, 0.29) is 30.4 Å². The highest BCUT2D eigenvalue weighted by molar-refractivity contribution is 5.85. The second kappa shape index (κ2) is 7.88. The molecule has 3 nitrogen and oxygen atoms in total. The van der Waals surface area contributed by atoms with Crippen LogP contribution in [0.25, 0.3) is 0 Å². The van der Waals surface area contributed by atoms with E-state index >= 15 is 0 Å². The molecule has 0 aromatic heterocycles. The summed E-state index contributed by atoms with van der Waals surface area (Å²) >= 11 is 0. The maximum atomic E-state index is 12.9. The van der Waals surface area contributed by atoms with Gasteiger partial charge in [-0.25, -0.2) is 0 Å². The number of hydrogen-bond acceptors (Lipinski definition) is 2. The van der Waals surface area contributed by atoms with Crippen LogP contribution in [0.1, 0.15) is 69.4 Å². The van der Waals surface area contributed by atoms with Gasteiger partial charge in [-0.15, -0.1) is 12.4 Å². The highest BCUT2D eigenvalue weighted by Crippen LogP contribution is 2.49. The second-order valence-electron chi connectivity index (χ2n) is 7.72. The van der Waals surface area contributed by atoms with Crippen molar-refractivity contribution in [3.63, 3.8) is 0 Å². The van der Waals surface area contributed by atoms with E-state index < -0.39 is 0 Å². The SMILES string of the molecule is CC(C)c1ccc(C2CC2C(=O)N2CCCCC2C(C)N)cc1.Cl. The molecule has 4 atom stereocenters. The zero-order valence-corrected chi connectivity index (χ0v) is 15.9. The van der Waals surface area contributed by atoms with Crippen LogP contribution in [0.5, 0.6) is 0 Å². The predicted octanol–water partition coefficient (Wildman–Crippen LogP) is 4.06. The molecule has 1 aliphatic carbocycles. The number of halogens is 1. The van der Waals surface area contributed by atoms with Crippen LogP contribution in [0.4, 0.5) is 0 Å². The first-order chi connectivity index (χ1) is 11.0. The molecule has 24 heavy (non-hydrogen) atoms. The third-order valence-corrected chi connectivity index (χ3v) is 5.58. The number of carbonyl (C=O) groups is 1. The molecule has 134 valence electrons. The average molecular weight is 351 g/mol. The third kappa shape index (κ3) is 3.94. The van der Waals surface area contributed by atoms with E-state index in [1.807, 2.05) is 6.92 Å². The number of nitrogens with zero attached hydrogens (tertiary/aromatic N) is 1. The molecule has 0 bridgehead atoms. The van der Waals surface area contributed by atoms with Crippen LogP contribution in [-0.4, -0.2) is 29.4 Å². The van der Waals surface area contributed by atoms with Crippen LogP contribution >= 0.6 is 12.4 Å². The van der Waals surface area contributed by atoms with Crippen molar-refractivity contribution in [1.29, 1.82) is 0 Å². The van der Waals surface area contributed by atoms with Gasteiger partial charge < -0.3 is 10.6 Å². The Morgan fingerprint density at radius 2 is 1.83 bits per heavy atom. The van der Waals surface area contributed by atoms with Crippen molar-refractivity contribution in [2.24, 2.45) is 11.7 Å². The lowest BCUT2D eigenvalue weighted by atomic mass is 9.96. The minimum Gasteiger partial charge on any atom is -0.338 e. The molecule has 0 spiro atoms. The molecule has 2 aliphatic rings. The molecule has 1 aromatic rings. The maximum absolute atomic E-state index is 12.9. The number of hydrogen-bond donors (Lipinski definition) is 1. The van der Waals surface area contributed by atoms with Crippen molar-refractivity contribution in [1.82, 2.24) is 4.90 Å². The number of benzene rings is 1. The fourth-order valence-electron chi connectivity index (χ4n) is 3.96. The van der Waals surface area contributed by atoms with E-state index in [0.717, 1.165) is 25.8 Å². The summed E-state index contributed by atoms with van der Waals surface area (Å²) in [4.78, 5) is 15.0. The van der Waals surface area contributed by atoms with E-state index in [1.165, 1.54) is 17.5 Å². The molecule has 4 heteroatoms. The van der Waals surface area contributed by atoms with Crippen LogP contribution in [0.15, 0.2) is 24.3 Å². The number of rotatable bonds is 4. The van der Waals surface area contributed by atoms with Gasteiger partial charge in [0.25, 0.3) is 0 Å². The second-order valence-corrected chi connectivity index (χ2v) is 7.72. The average Bonchev–Trinajstić information content (AvgIpc) is 3.35. The van der Waals surface area contributed by atoms with Gasteiger partial charge in [-0.05, 0) is 55.6 Å². The summed E-state index contributed by atoms with van der Waals surface area (Å²) in [6, 6.07) is 9.17. The molecule has 0 radical (unpaired) electrons. The van der Waals surface area contributed by atoms with Gasteiger partial charge in [-0.3, -0.25) is 4.79 Å². The van der Waals surface area contributed by atoms with Crippen molar-refractivity contribution < 1.29 is 4.79 Å². The molecular weight excluding hydrogens is 320 g/mol. The normalized spacial score (nSPS) is 27.5. The van der Waals surface area contributed by atoms with Crippen LogP contribution in [0.2, 0.25) is 0 Å². The summed E-state index contributed by atoms with van der Waals surface area (Å²) in [6.07, 6.45) is 4.38. The van der Waals surface area contributed by atoms with Gasteiger partial charge in [0.2, 0.25) is 5.91 Å². The van der Waals surface area contributed by atoms with Gasteiger partial charge in [0.15, 0.2) is 0 Å². The highest BCUT2D eigenvalue weighted by Gasteiger charge is 2.47. The predicted molar refractivity (Wildman–Crippen MR) is 102 cm³/mol. The quantitative estimate of drug-likeness (QED) is 0.889. The van der Waals surface area contributed by atoms with Crippen LogP contribution < -0.4 is 5.73 Å². The Balaban J connectivity index is 0.00000208. The number of nitrogens with two attached hydrogens (primary N) is 1. The summed E-state index contributed by atoms with van der Waals surface area (Å²) in [5, 5.41) is 0. The topological polar surface area (TPSA) is 46.3 Å². The third-order valence-electron chi connectivity index (χ3n) is 5.58. The zero-order valence-electron chi connectivity index (χ0n) is 15.1. The Hall–Kier alpha value is -1.06. The molecule has 4 unspecified atom stereocenters. The minimum absolute atomic E-state index is 0. The molecule has 2 N–H and O–H groups in total. The first-order valence-corrected chi connectivity index (χ1v) is 9.15. The van der Waals surface area contributed by atoms with Crippen molar-refractivity contribution in [2.45, 2.75) is 70.4 Å². The van der Waals surface area contributed by atoms with Gasteiger partial charge >= 0.3 is 0 Å². The van der Waals surface area contributed by atoms with Crippen molar-refractivity contribution in [2.75, 3.05) is 6.54 Å². The van der Waals surface area contributed by atoms with Gasteiger partial charge in [0, 0.05) is 24.5 Å². The number of amides is 1. The Bertz CT molecular complexity index is 555. The van der Waals surface area contributed by atoms with Gasteiger partial charge in [-0.1, -0.05) is 38.1 Å². The smallest absolute Gasteiger partial charge is 0.226 e. The lowest BCUT2D eigenvalue weighted by molar-refractivity contribution is -0.136. The van der Waals surface area contributed by atoms with Crippen LogP contribution in [0, 0.1) is 5.92 Å². The maximum Gasteiger partial charge on any atom is 0.226 e. The summed E-state index contributed by atoms with van der Waals surface area (Å²) < 4.78 is 0. The largest absolute Gasteiger partial charge is 0.338 e. The highest BCUT2D eigenvalue weighted by atomic mass is 35.5. The standard InChI is InChI=1S/C20H30N2O.ClH/c1-13(2)15-7-9-16(10-8-15)17-12-18(17)20(23)22-11-5-4-6-19(22)14(3)21;/h7-10,13-14,17-19H,4-6,11-12,21H2,1-3H3;1H. The lowest BCUT2D eigenvalue weighted by Crippen LogP contribution is -2.52. The molecule has 1 heterocycles. The minimum atomic E-state index is 0. The van der Waals surface area contributed by atoms with E-state index in [4.69, 9.17) is 5.73 Å². The fourth-order valence-corrected chi connectivity index (χ4v) is 3.96. The number of likely N-dealkylation sites (tertiary alicyclic amines) is 1. The molecule has 1 aromatic carbocycles. The Morgan fingerprint density at radius 1 is 1.17 bits per heavy atom. The van der Waals surface area contributed by atoms with Crippen LogP contribution in [0.3, 0.4) is 0 Å². The first-order valence-electron chi connectivity index (χ1n) is 9.15. The van der Waals surface area contributed by atoms with Crippen molar-refractivity contribution >= 4 is 18.3 Å². The molecule has 2 fully saturated rings. The van der Waals surface area contributed by atoms with Gasteiger partial charge in [0.1, 0.15) is 0 Å². The molecule has 1 aliphatic heterocycles. The van der Waals surface area contributed by atoms with Gasteiger partial charge in [0.05, 0.1) is 0 Å². The summed E-state index contributed by atoms with van der Waals surface area (Å²) in [7, 11) is 0. The van der Waals surface area contributed by atoms with E-state index in [1.54, 1.807) is 0 Å². The van der Waals surface area contributed by atoms with E-state index in [0.29, 0.717) is 17.7 Å². The summed E-state index contributed by atoms with van der Waals surface area (Å²) in [5.41, 5.74) is 8.80. The molecule has 1 amide bonds. The summed E-state index contributed by atoms with van der Waals surface area (Å²) in [5.74, 6) is 1.49. The Kier molecular flexibility index (Phi) is 6.33. The van der Waals surface area contributed by atoms with Crippen molar-refractivity contribution in [3.05, 3.63) is 35.4 Å². The Morgan fingerprint density at radius 3 is 2.42 bits per heavy atom. The number of carbonyl (C=O) groups excluding carboxylic acids is 1. The molecule has 1 saturated heterocycles. The molecule has 3 rings (SSSR count). The summed E-state index contributed by atoms with van der Waals surface area (Å²) in [6.45, 7) is 7.34. The Labute approximate surface area is 152 Å². The molecule has 1 saturated carbocycles.